The van der Waals surface area contributed by atoms with Crippen LogP contribution in [0.1, 0.15) is 12.8 Å². The van der Waals surface area contributed by atoms with Crippen molar-refractivity contribution in [3.05, 3.63) is 28.7 Å². The van der Waals surface area contributed by atoms with Crippen LogP contribution in [-0.2, 0) is 16.6 Å². The fraction of sp³-hybridized carbons (Fsp3) is 0.538. The first-order chi connectivity index (χ1) is 9.07. The first-order valence-corrected chi connectivity index (χ1v) is 6.33. The summed E-state index contributed by atoms with van der Waals surface area (Å²) in [6.07, 6.45) is 2.85. The van der Waals surface area contributed by atoms with Crippen molar-refractivity contribution in [2.45, 2.75) is 12.8 Å². The van der Waals surface area contributed by atoms with Crippen molar-refractivity contribution in [1.82, 2.24) is 4.57 Å². The largest absolute Gasteiger partial charge is 0.381 e. The van der Waals surface area contributed by atoms with Gasteiger partial charge in [-0.25, -0.2) is 0 Å². The molecule has 0 saturated carbocycles. The Morgan fingerprint density at radius 1 is 1.47 bits per heavy atom. The van der Waals surface area contributed by atoms with Crippen LogP contribution < -0.4 is 16.6 Å². The Balaban J connectivity index is 2.14. The normalized spacial score (nSPS) is 18.0. The van der Waals surface area contributed by atoms with E-state index in [9.17, 15) is 9.59 Å². The quantitative estimate of drug-likeness (QED) is 0.810. The minimum atomic E-state index is -0.563. The van der Waals surface area contributed by atoms with Crippen LogP contribution >= 0.6 is 0 Å². The molecule has 6 heteroatoms. The maximum Gasteiger partial charge on any atom is 0.250 e. The zero-order valence-electron chi connectivity index (χ0n) is 11.0. The smallest absolute Gasteiger partial charge is 0.250 e. The molecule has 1 amide bonds. The van der Waals surface area contributed by atoms with Crippen molar-refractivity contribution in [3.63, 3.8) is 0 Å². The third-order valence-electron chi connectivity index (χ3n) is 3.67. The van der Waals surface area contributed by atoms with Gasteiger partial charge in [0.2, 0.25) is 11.5 Å². The lowest BCUT2D eigenvalue weighted by Crippen LogP contribution is -2.46. The summed E-state index contributed by atoms with van der Waals surface area (Å²) >= 11 is 0. The highest BCUT2D eigenvalue weighted by Gasteiger charge is 2.38. The molecule has 6 nitrogen and oxygen atoms in total. The summed E-state index contributed by atoms with van der Waals surface area (Å²) in [6, 6.07) is 3.03. The lowest BCUT2D eigenvalue weighted by molar-refractivity contribution is -0.130. The van der Waals surface area contributed by atoms with Gasteiger partial charge in [0, 0.05) is 39.1 Å². The van der Waals surface area contributed by atoms with Gasteiger partial charge in [-0.15, -0.1) is 0 Å². The van der Waals surface area contributed by atoms with E-state index < -0.39 is 5.41 Å². The first kappa shape index (κ1) is 13.8. The molecule has 0 aliphatic carbocycles. The number of rotatable bonds is 3. The summed E-state index contributed by atoms with van der Waals surface area (Å²) in [5.41, 5.74) is 5.70. The number of ether oxygens (including phenoxy) is 1. The number of pyridine rings is 1. The van der Waals surface area contributed by atoms with Gasteiger partial charge in [0.1, 0.15) is 0 Å². The minimum absolute atomic E-state index is 0.100. The number of hydrogen-bond acceptors (Lipinski definition) is 4. The SMILES string of the molecule is Cn1cc(NC(=O)C2(CN)CCOCC2)ccc1=O. The maximum absolute atomic E-state index is 12.4. The molecule has 1 aromatic heterocycles. The third kappa shape index (κ3) is 2.85. The van der Waals surface area contributed by atoms with Crippen LogP contribution in [-0.4, -0.2) is 30.2 Å². The second kappa shape index (κ2) is 5.54. The number of carbonyl (C=O) groups excluding carboxylic acids is 1. The molecule has 0 bridgehead atoms. The van der Waals surface area contributed by atoms with Crippen LogP contribution in [0.15, 0.2) is 23.1 Å². The van der Waals surface area contributed by atoms with Crippen LogP contribution in [0.2, 0.25) is 0 Å². The number of nitrogens with two attached hydrogens (primary N) is 1. The number of aromatic nitrogens is 1. The van der Waals surface area contributed by atoms with E-state index in [4.69, 9.17) is 10.5 Å². The van der Waals surface area contributed by atoms with Crippen molar-refractivity contribution in [2.24, 2.45) is 18.2 Å². The second-order valence-electron chi connectivity index (χ2n) is 4.92. The van der Waals surface area contributed by atoms with E-state index in [2.05, 4.69) is 5.32 Å². The van der Waals surface area contributed by atoms with E-state index in [0.717, 1.165) is 0 Å². The number of carbonyl (C=O) groups is 1. The molecule has 0 radical (unpaired) electrons. The number of anilines is 1. The van der Waals surface area contributed by atoms with E-state index in [0.29, 0.717) is 38.3 Å². The summed E-state index contributed by atoms with van der Waals surface area (Å²) in [4.78, 5) is 23.7. The Labute approximate surface area is 111 Å². The lowest BCUT2D eigenvalue weighted by Gasteiger charge is -2.34. The van der Waals surface area contributed by atoms with Crippen molar-refractivity contribution in [3.8, 4) is 0 Å². The van der Waals surface area contributed by atoms with Crippen molar-refractivity contribution >= 4 is 11.6 Å². The molecule has 0 atom stereocenters. The summed E-state index contributed by atoms with van der Waals surface area (Å²) in [6.45, 7) is 1.41. The minimum Gasteiger partial charge on any atom is -0.381 e. The van der Waals surface area contributed by atoms with Crippen LogP contribution in [0.25, 0.3) is 0 Å². The highest BCUT2D eigenvalue weighted by Crippen LogP contribution is 2.30. The van der Waals surface area contributed by atoms with E-state index in [1.54, 1.807) is 19.3 Å². The number of nitrogens with one attached hydrogen (secondary N) is 1. The molecule has 0 spiro atoms. The van der Waals surface area contributed by atoms with Gasteiger partial charge in [0.05, 0.1) is 11.1 Å². The summed E-state index contributed by atoms with van der Waals surface area (Å²) in [5.74, 6) is -0.100. The molecule has 1 aliphatic rings. The zero-order valence-corrected chi connectivity index (χ0v) is 11.0. The van der Waals surface area contributed by atoms with Gasteiger partial charge >= 0.3 is 0 Å². The number of amides is 1. The van der Waals surface area contributed by atoms with Gasteiger partial charge in [-0.2, -0.15) is 0 Å². The maximum atomic E-state index is 12.4. The molecule has 2 heterocycles. The van der Waals surface area contributed by atoms with Gasteiger partial charge in [0.25, 0.3) is 0 Å². The number of hydrogen-bond donors (Lipinski definition) is 2. The monoisotopic (exact) mass is 265 g/mol. The molecule has 19 heavy (non-hydrogen) atoms. The molecule has 2 rings (SSSR count). The summed E-state index contributed by atoms with van der Waals surface area (Å²) in [5, 5.41) is 2.84. The van der Waals surface area contributed by atoms with Crippen LogP contribution in [0.5, 0.6) is 0 Å². The molecule has 1 saturated heterocycles. The lowest BCUT2D eigenvalue weighted by atomic mass is 9.79. The zero-order chi connectivity index (χ0) is 13.9. The van der Waals surface area contributed by atoms with Crippen LogP contribution in [0.4, 0.5) is 5.69 Å². The first-order valence-electron chi connectivity index (χ1n) is 6.33. The van der Waals surface area contributed by atoms with Crippen molar-refractivity contribution in [2.75, 3.05) is 25.1 Å². The van der Waals surface area contributed by atoms with Gasteiger partial charge in [-0.05, 0) is 18.9 Å². The van der Waals surface area contributed by atoms with Crippen LogP contribution in [0.3, 0.4) is 0 Å². The van der Waals surface area contributed by atoms with Crippen LogP contribution in [0, 0.1) is 5.41 Å². The molecule has 104 valence electrons. The summed E-state index contributed by atoms with van der Waals surface area (Å²) < 4.78 is 6.71. The van der Waals surface area contributed by atoms with E-state index >= 15 is 0 Å². The Morgan fingerprint density at radius 3 is 2.74 bits per heavy atom. The summed E-state index contributed by atoms with van der Waals surface area (Å²) in [7, 11) is 1.64. The molecular formula is C13H19N3O3. The Bertz CT molecular complexity index is 518. The second-order valence-corrected chi connectivity index (χ2v) is 4.92. The highest BCUT2D eigenvalue weighted by molar-refractivity contribution is 5.95. The number of aryl methyl sites for hydroxylation is 1. The number of nitrogens with zero attached hydrogens (tertiary/aromatic N) is 1. The highest BCUT2D eigenvalue weighted by atomic mass is 16.5. The topological polar surface area (TPSA) is 86.3 Å². The standard InChI is InChI=1S/C13H19N3O3/c1-16-8-10(2-3-11(16)17)15-12(18)13(9-14)4-6-19-7-5-13/h2-3,8H,4-7,9,14H2,1H3,(H,15,18). The predicted molar refractivity (Wildman–Crippen MR) is 71.9 cm³/mol. The molecule has 1 aliphatic heterocycles. The molecular weight excluding hydrogens is 246 g/mol. The molecule has 3 N–H and O–H groups in total. The average Bonchev–Trinajstić information content (AvgIpc) is 2.43. The van der Waals surface area contributed by atoms with Gasteiger partial charge in [0.15, 0.2) is 0 Å². The third-order valence-corrected chi connectivity index (χ3v) is 3.67. The fourth-order valence-electron chi connectivity index (χ4n) is 2.22. The Kier molecular flexibility index (Phi) is 4.01. The average molecular weight is 265 g/mol. The fourth-order valence-corrected chi connectivity index (χ4v) is 2.22. The van der Waals surface area contributed by atoms with Gasteiger partial charge < -0.3 is 20.4 Å². The van der Waals surface area contributed by atoms with Crippen molar-refractivity contribution in [1.29, 1.82) is 0 Å². The molecule has 0 aromatic carbocycles. The predicted octanol–water partition coefficient (Wildman–Crippen LogP) is 0.0793. The van der Waals surface area contributed by atoms with E-state index in [-0.39, 0.29) is 11.5 Å². The molecule has 1 aromatic rings. The Hall–Kier alpha value is -1.66. The molecule has 0 unspecified atom stereocenters. The van der Waals surface area contributed by atoms with Gasteiger partial charge in [-0.1, -0.05) is 0 Å². The van der Waals surface area contributed by atoms with E-state index in [1.807, 2.05) is 0 Å². The van der Waals surface area contributed by atoms with Gasteiger partial charge in [-0.3, -0.25) is 9.59 Å². The van der Waals surface area contributed by atoms with E-state index in [1.165, 1.54) is 10.6 Å². The Morgan fingerprint density at radius 2 is 2.16 bits per heavy atom. The van der Waals surface area contributed by atoms with Crippen molar-refractivity contribution < 1.29 is 9.53 Å². The molecule has 1 fully saturated rings.